The molecule has 0 aliphatic rings. The molecular formula is C18H17Cl2N7O2S. The average Bonchev–Trinajstić information content (AvgIpc) is 3.10. The van der Waals surface area contributed by atoms with Crippen LogP contribution in [0.2, 0.25) is 10.0 Å². The molecule has 0 atom stereocenters. The van der Waals surface area contributed by atoms with Crippen LogP contribution in [0, 0.1) is 0 Å². The molecule has 3 rings (SSSR count). The molecule has 30 heavy (non-hydrogen) atoms. The number of nitrogens with one attached hydrogen (secondary N) is 2. The van der Waals surface area contributed by atoms with Crippen molar-refractivity contribution >= 4 is 58.7 Å². The predicted octanol–water partition coefficient (Wildman–Crippen LogP) is 3.48. The molecule has 12 heteroatoms. The number of aromatic nitrogens is 3. The summed E-state index contributed by atoms with van der Waals surface area (Å²) in [4.78, 5) is 12.2. The van der Waals surface area contributed by atoms with Crippen LogP contribution in [0.25, 0.3) is 0 Å². The summed E-state index contributed by atoms with van der Waals surface area (Å²) in [5.74, 6) is 6.60. The molecule has 0 spiro atoms. The number of hydrazone groups is 1. The van der Waals surface area contributed by atoms with Crippen LogP contribution < -0.4 is 21.3 Å². The van der Waals surface area contributed by atoms with Crippen LogP contribution in [0.15, 0.2) is 52.7 Å². The third-order valence-corrected chi connectivity index (χ3v) is 5.49. The molecule has 156 valence electrons. The Bertz CT molecular complexity index is 1070. The Morgan fingerprint density at radius 1 is 1.27 bits per heavy atom. The molecule has 0 unspecified atom stereocenters. The Labute approximate surface area is 186 Å². The van der Waals surface area contributed by atoms with Crippen molar-refractivity contribution in [3.63, 3.8) is 0 Å². The van der Waals surface area contributed by atoms with Gasteiger partial charge in [0.05, 0.1) is 34.8 Å². The maximum Gasteiger partial charge on any atom is 0.264 e. The van der Waals surface area contributed by atoms with Crippen LogP contribution in [0.1, 0.15) is 5.56 Å². The second kappa shape index (κ2) is 10.2. The van der Waals surface area contributed by atoms with Crippen molar-refractivity contribution in [2.24, 2.45) is 5.10 Å². The van der Waals surface area contributed by atoms with E-state index in [-0.39, 0.29) is 22.6 Å². The van der Waals surface area contributed by atoms with E-state index in [1.54, 1.807) is 31.5 Å². The van der Waals surface area contributed by atoms with E-state index in [9.17, 15) is 4.79 Å². The first-order valence-corrected chi connectivity index (χ1v) is 10.2. The first-order chi connectivity index (χ1) is 14.5. The van der Waals surface area contributed by atoms with Crippen molar-refractivity contribution in [2.45, 2.75) is 5.16 Å². The first-order valence-electron chi connectivity index (χ1n) is 8.49. The monoisotopic (exact) mass is 465 g/mol. The van der Waals surface area contributed by atoms with Crippen LogP contribution in [0.5, 0.6) is 5.75 Å². The maximum atomic E-state index is 12.2. The molecule has 0 radical (unpaired) electrons. The molecule has 2 aromatic carbocycles. The summed E-state index contributed by atoms with van der Waals surface area (Å²) in [5.41, 5.74) is 3.91. The molecule has 9 nitrogen and oxygen atoms in total. The van der Waals surface area contributed by atoms with Gasteiger partial charge in [0.25, 0.3) is 5.95 Å². The second-order valence-electron chi connectivity index (χ2n) is 5.73. The molecule has 4 N–H and O–H groups in total. The number of ether oxygens (including phenoxy) is 1. The predicted molar refractivity (Wildman–Crippen MR) is 120 cm³/mol. The normalized spacial score (nSPS) is 10.9. The minimum atomic E-state index is -0.295. The van der Waals surface area contributed by atoms with Gasteiger partial charge in [0.15, 0.2) is 0 Å². The van der Waals surface area contributed by atoms with E-state index in [0.717, 1.165) is 17.3 Å². The highest BCUT2D eigenvalue weighted by Crippen LogP contribution is 2.29. The highest BCUT2D eigenvalue weighted by Gasteiger charge is 2.13. The summed E-state index contributed by atoms with van der Waals surface area (Å²) in [6, 6.07) is 12.4. The lowest BCUT2D eigenvalue weighted by molar-refractivity contribution is -0.113. The lowest BCUT2D eigenvalue weighted by Gasteiger charge is -2.08. The number of nitrogens with two attached hydrogens (primary N) is 1. The van der Waals surface area contributed by atoms with Gasteiger partial charge in [0.2, 0.25) is 11.1 Å². The third kappa shape index (κ3) is 5.35. The van der Waals surface area contributed by atoms with Crippen LogP contribution in [0.4, 0.5) is 11.6 Å². The van der Waals surface area contributed by atoms with Crippen LogP contribution >= 0.6 is 35.0 Å². The van der Waals surface area contributed by atoms with Gasteiger partial charge in [-0.3, -0.25) is 4.79 Å². The van der Waals surface area contributed by atoms with Crippen LogP contribution in [0.3, 0.4) is 0 Å². The summed E-state index contributed by atoms with van der Waals surface area (Å²) in [6.45, 7) is 0. The minimum Gasteiger partial charge on any atom is -0.496 e. The number of carbonyl (C=O) groups is 1. The summed E-state index contributed by atoms with van der Waals surface area (Å²) in [6.07, 6.45) is 1.57. The fraction of sp³-hybridized carbons (Fsp3) is 0.111. The third-order valence-electron chi connectivity index (χ3n) is 3.73. The highest BCUT2D eigenvalue weighted by molar-refractivity contribution is 7.99. The number of carbonyl (C=O) groups excluding carboxylic acids is 1. The van der Waals surface area contributed by atoms with Crippen LogP contribution in [-0.2, 0) is 4.79 Å². The number of hydrogen-bond acceptors (Lipinski definition) is 8. The SMILES string of the molecule is COc1ccccc1/C=N/Nc1nnc(SCC(=O)Nc2cccc(Cl)c2Cl)n1N. The zero-order valence-corrected chi connectivity index (χ0v) is 18.0. The molecule has 1 amide bonds. The number of hydrogen-bond donors (Lipinski definition) is 3. The van der Waals surface area contributed by atoms with Gasteiger partial charge in [0.1, 0.15) is 5.75 Å². The van der Waals surface area contributed by atoms with E-state index >= 15 is 0 Å². The van der Waals surface area contributed by atoms with E-state index in [1.165, 1.54) is 4.68 Å². The Morgan fingerprint density at radius 2 is 2.07 bits per heavy atom. The number of thioether (sulfide) groups is 1. The topological polar surface area (TPSA) is 119 Å². The minimum absolute atomic E-state index is 0.0443. The number of methoxy groups -OCH3 is 1. The fourth-order valence-corrected chi connectivity index (χ4v) is 3.31. The van der Waals surface area contributed by atoms with Gasteiger partial charge in [-0.2, -0.15) is 5.10 Å². The van der Waals surface area contributed by atoms with Crippen molar-refractivity contribution in [1.82, 2.24) is 14.9 Å². The van der Waals surface area contributed by atoms with Gasteiger partial charge < -0.3 is 15.9 Å². The molecule has 0 fully saturated rings. The van der Waals surface area contributed by atoms with E-state index < -0.39 is 0 Å². The number of nitrogen functional groups attached to an aromatic ring is 1. The smallest absolute Gasteiger partial charge is 0.264 e. The largest absolute Gasteiger partial charge is 0.496 e. The molecular weight excluding hydrogens is 449 g/mol. The number of benzene rings is 2. The van der Waals surface area contributed by atoms with Crippen molar-refractivity contribution < 1.29 is 9.53 Å². The van der Waals surface area contributed by atoms with Crippen molar-refractivity contribution in [1.29, 1.82) is 0 Å². The van der Waals surface area contributed by atoms with Gasteiger partial charge in [-0.1, -0.05) is 53.2 Å². The summed E-state index contributed by atoms with van der Waals surface area (Å²) in [7, 11) is 1.58. The van der Waals surface area contributed by atoms with Gasteiger partial charge in [-0.05, 0) is 24.3 Å². The van der Waals surface area contributed by atoms with Crippen molar-refractivity contribution in [3.8, 4) is 5.75 Å². The molecule has 0 saturated heterocycles. The van der Waals surface area contributed by atoms with E-state index in [1.807, 2.05) is 24.3 Å². The van der Waals surface area contributed by atoms with Gasteiger partial charge in [-0.25, -0.2) is 10.1 Å². The number of anilines is 2. The van der Waals surface area contributed by atoms with Crippen molar-refractivity contribution in [2.75, 3.05) is 29.4 Å². The second-order valence-corrected chi connectivity index (χ2v) is 7.45. The molecule has 0 bridgehead atoms. The maximum absolute atomic E-state index is 12.2. The summed E-state index contributed by atoms with van der Waals surface area (Å²) >= 11 is 13.1. The van der Waals surface area contributed by atoms with Gasteiger partial charge in [-0.15, -0.1) is 10.2 Å². The Hall–Kier alpha value is -2.95. The highest BCUT2D eigenvalue weighted by atomic mass is 35.5. The van der Waals surface area contributed by atoms with E-state index in [4.69, 9.17) is 33.8 Å². The first kappa shape index (κ1) is 21.8. The summed E-state index contributed by atoms with van der Waals surface area (Å²) in [5, 5.41) is 15.6. The zero-order chi connectivity index (χ0) is 21.5. The Morgan fingerprint density at radius 3 is 2.87 bits per heavy atom. The quantitative estimate of drug-likeness (QED) is 0.201. The van der Waals surface area contributed by atoms with Gasteiger partial charge in [0, 0.05) is 5.56 Å². The standard InChI is InChI=1S/C18H17Cl2N7O2S/c1-29-14-8-3-2-5-11(14)9-22-24-17-25-26-18(27(17)21)30-10-15(28)23-13-7-4-6-12(19)16(13)20/h2-9H,10,21H2,1H3,(H,23,28)(H,24,25)/b22-9+. The molecule has 0 aliphatic heterocycles. The van der Waals surface area contributed by atoms with Crippen molar-refractivity contribution in [3.05, 3.63) is 58.1 Å². The number of rotatable bonds is 8. The summed E-state index contributed by atoms with van der Waals surface area (Å²) < 4.78 is 6.45. The average molecular weight is 466 g/mol. The Balaban J connectivity index is 1.57. The molecule has 0 saturated carbocycles. The van der Waals surface area contributed by atoms with E-state index in [2.05, 4.69) is 26.0 Å². The molecule has 0 aliphatic carbocycles. The lowest BCUT2D eigenvalue weighted by Crippen LogP contribution is -2.17. The fourth-order valence-electron chi connectivity index (χ4n) is 2.30. The molecule has 1 heterocycles. The lowest BCUT2D eigenvalue weighted by atomic mass is 10.2. The number of amides is 1. The number of nitrogens with zero attached hydrogens (tertiary/aromatic N) is 4. The number of halogens is 2. The molecule has 1 aromatic heterocycles. The number of para-hydroxylation sites is 1. The van der Waals surface area contributed by atoms with Crippen LogP contribution in [-0.4, -0.2) is 39.9 Å². The molecule has 3 aromatic rings. The van der Waals surface area contributed by atoms with Gasteiger partial charge >= 0.3 is 0 Å². The van der Waals surface area contributed by atoms with E-state index in [0.29, 0.717) is 21.6 Å². The zero-order valence-electron chi connectivity index (χ0n) is 15.7. The Kier molecular flexibility index (Phi) is 7.39.